The highest BCUT2D eigenvalue weighted by atomic mass is 16.6. The van der Waals surface area contributed by atoms with Crippen LogP contribution in [0, 0.1) is 0 Å². The summed E-state index contributed by atoms with van der Waals surface area (Å²) >= 11 is 0. The molecule has 4 heteroatoms. The average molecular weight is 263 g/mol. The summed E-state index contributed by atoms with van der Waals surface area (Å²) in [6.45, 7) is 0.648. The van der Waals surface area contributed by atoms with Gasteiger partial charge in [-0.3, -0.25) is 0 Å². The van der Waals surface area contributed by atoms with Crippen molar-refractivity contribution in [1.29, 1.82) is 0 Å². The van der Waals surface area contributed by atoms with Gasteiger partial charge in [-0.1, -0.05) is 37.5 Å². The Morgan fingerprint density at radius 2 is 1.84 bits per heavy atom. The first-order chi connectivity index (χ1) is 9.34. The third-order valence-corrected chi connectivity index (χ3v) is 3.26. The van der Waals surface area contributed by atoms with Gasteiger partial charge in [0.25, 0.3) is 0 Å². The Labute approximate surface area is 114 Å². The Morgan fingerprint density at radius 3 is 2.58 bits per heavy atom. The molecule has 1 aromatic rings. The fraction of sp³-hybridized carbons (Fsp3) is 0.533. The predicted molar refractivity (Wildman–Crippen MR) is 73.3 cm³/mol. The first-order valence-corrected chi connectivity index (χ1v) is 6.96. The van der Waals surface area contributed by atoms with Crippen LogP contribution in [0.15, 0.2) is 30.3 Å². The van der Waals surface area contributed by atoms with E-state index in [4.69, 9.17) is 9.47 Å². The number of para-hydroxylation sites is 1. The quantitative estimate of drug-likeness (QED) is 0.830. The topological polar surface area (TPSA) is 47.6 Å². The maximum atomic E-state index is 11.5. The smallest absolute Gasteiger partial charge is 0.407 e. The third kappa shape index (κ3) is 5.20. The molecule has 0 radical (unpaired) electrons. The van der Waals surface area contributed by atoms with Crippen molar-refractivity contribution in [1.82, 2.24) is 5.32 Å². The second-order valence-electron chi connectivity index (χ2n) is 4.78. The van der Waals surface area contributed by atoms with Crippen molar-refractivity contribution in [2.45, 2.75) is 38.1 Å². The third-order valence-electron chi connectivity index (χ3n) is 3.26. The van der Waals surface area contributed by atoms with Gasteiger partial charge in [0.1, 0.15) is 19.0 Å². The molecule has 1 amide bonds. The molecule has 0 bridgehead atoms. The monoisotopic (exact) mass is 263 g/mol. The molecule has 0 saturated heterocycles. The number of rotatable bonds is 5. The number of alkyl carbamates (subject to hydrolysis) is 1. The number of carbonyl (C=O) groups is 1. The van der Waals surface area contributed by atoms with Crippen LogP contribution in [0.3, 0.4) is 0 Å². The minimum atomic E-state index is -0.330. The zero-order valence-electron chi connectivity index (χ0n) is 11.1. The SMILES string of the molecule is O=C(NC1CCCCC1)OCCOc1ccccc1. The van der Waals surface area contributed by atoms with Crippen molar-refractivity contribution in [3.05, 3.63) is 30.3 Å². The summed E-state index contributed by atoms with van der Waals surface area (Å²) in [5.74, 6) is 0.791. The number of carbonyl (C=O) groups excluding carboxylic acids is 1. The zero-order chi connectivity index (χ0) is 13.3. The van der Waals surface area contributed by atoms with E-state index in [1.54, 1.807) is 0 Å². The lowest BCUT2D eigenvalue weighted by Crippen LogP contribution is -2.37. The Hall–Kier alpha value is -1.71. The van der Waals surface area contributed by atoms with Gasteiger partial charge in [-0.15, -0.1) is 0 Å². The van der Waals surface area contributed by atoms with Crippen LogP contribution in [0.25, 0.3) is 0 Å². The first kappa shape index (κ1) is 13.7. The minimum absolute atomic E-state index is 0.271. The normalized spacial score (nSPS) is 15.8. The maximum Gasteiger partial charge on any atom is 0.407 e. The van der Waals surface area contributed by atoms with Crippen LogP contribution in [0.5, 0.6) is 5.75 Å². The summed E-state index contributed by atoms with van der Waals surface area (Å²) in [5.41, 5.74) is 0. The van der Waals surface area contributed by atoms with Crippen LogP contribution in [-0.2, 0) is 4.74 Å². The highest BCUT2D eigenvalue weighted by Crippen LogP contribution is 2.17. The molecule has 1 N–H and O–H groups in total. The van der Waals surface area contributed by atoms with E-state index in [9.17, 15) is 4.79 Å². The van der Waals surface area contributed by atoms with E-state index in [2.05, 4.69) is 5.32 Å². The van der Waals surface area contributed by atoms with Crippen LogP contribution < -0.4 is 10.1 Å². The number of hydrogen-bond acceptors (Lipinski definition) is 3. The van der Waals surface area contributed by atoms with Gasteiger partial charge in [-0.05, 0) is 25.0 Å². The second kappa shape index (κ2) is 7.67. The number of benzene rings is 1. The Bertz CT molecular complexity index is 374. The van der Waals surface area contributed by atoms with Crippen molar-refractivity contribution in [2.75, 3.05) is 13.2 Å². The number of amides is 1. The van der Waals surface area contributed by atoms with E-state index in [0.29, 0.717) is 6.61 Å². The van der Waals surface area contributed by atoms with Crippen molar-refractivity contribution < 1.29 is 14.3 Å². The molecule has 19 heavy (non-hydrogen) atoms. The van der Waals surface area contributed by atoms with E-state index in [0.717, 1.165) is 18.6 Å². The molecule has 0 atom stereocenters. The van der Waals surface area contributed by atoms with Crippen LogP contribution in [0.1, 0.15) is 32.1 Å². The Kier molecular flexibility index (Phi) is 5.53. The van der Waals surface area contributed by atoms with Crippen LogP contribution in [0.4, 0.5) is 4.79 Å². The molecule has 0 heterocycles. The molecule has 0 aliphatic heterocycles. The maximum absolute atomic E-state index is 11.5. The molecule has 0 aromatic heterocycles. The highest BCUT2D eigenvalue weighted by Gasteiger charge is 2.15. The molecule has 1 aromatic carbocycles. The number of ether oxygens (including phenoxy) is 2. The summed E-state index contributed by atoms with van der Waals surface area (Å²) < 4.78 is 10.5. The van der Waals surface area contributed by atoms with Gasteiger partial charge in [-0.25, -0.2) is 4.79 Å². The molecular weight excluding hydrogens is 242 g/mol. The lowest BCUT2D eigenvalue weighted by Gasteiger charge is -2.22. The van der Waals surface area contributed by atoms with E-state index >= 15 is 0 Å². The average Bonchev–Trinajstić information content (AvgIpc) is 2.46. The largest absolute Gasteiger partial charge is 0.490 e. The van der Waals surface area contributed by atoms with Crippen molar-refractivity contribution in [3.8, 4) is 5.75 Å². The van der Waals surface area contributed by atoms with Gasteiger partial charge < -0.3 is 14.8 Å². The van der Waals surface area contributed by atoms with Crippen molar-refractivity contribution in [2.24, 2.45) is 0 Å². The van der Waals surface area contributed by atoms with Crippen LogP contribution >= 0.6 is 0 Å². The first-order valence-electron chi connectivity index (χ1n) is 6.96. The van der Waals surface area contributed by atoms with Crippen molar-refractivity contribution in [3.63, 3.8) is 0 Å². The zero-order valence-corrected chi connectivity index (χ0v) is 11.1. The van der Waals surface area contributed by atoms with Crippen LogP contribution in [-0.4, -0.2) is 25.3 Å². The fourth-order valence-electron chi connectivity index (χ4n) is 2.27. The number of nitrogens with one attached hydrogen (secondary N) is 1. The molecule has 0 unspecified atom stereocenters. The number of hydrogen-bond donors (Lipinski definition) is 1. The van der Waals surface area contributed by atoms with Gasteiger partial charge in [0.2, 0.25) is 0 Å². The molecular formula is C15H21NO3. The van der Waals surface area contributed by atoms with Gasteiger partial charge >= 0.3 is 6.09 Å². The summed E-state index contributed by atoms with van der Waals surface area (Å²) in [7, 11) is 0. The van der Waals surface area contributed by atoms with Gasteiger partial charge in [0.05, 0.1) is 0 Å². The molecule has 1 aliphatic carbocycles. The summed E-state index contributed by atoms with van der Waals surface area (Å²) in [4.78, 5) is 11.5. The minimum Gasteiger partial charge on any atom is -0.490 e. The van der Waals surface area contributed by atoms with E-state index in [1.807, 2.05) is 30.3 Å². The highest BCUT2D eigenvalue weighted by molar-refractivity contribution is 5.67. The lowest BCUT2D eigenvalue weighted by molar-refractivity contribution is 0.120. The standard InChI is InChI=1S/C15H21NO3/c17-15(16-13-7-3-1-4-8-13)19-12-11-18-14-9-5-2-6-10-14/h2,5-6,9-10,13H,1,3-4,7-8,11-12H2,(H,16,17). The fourth-order valence-corrected chi connectivity index (χ4v) is 2.27. The second-order valence-corrected chi connectivity index (χ2v) is 4.78. The molecule has 1 aliphatic rings. The van der Waals surface area contributed by atoms with Gasteiger partial charge in [-0.2, -0.15) is 0 Å². The van der Waals surface area contributed by atoms with E-state index in [1.165, 1.54) is 19.3 Å². The van der Waals surface area contributed by atoms with E-state index in [-0.39, 0.29) is 18.7 Å². The molecule has 4 nitrogen and oxygen atoms in total. The molecule has 2 rings (SSSR count). The molecule has 1 saturated carbocycles. The van der Waals surface area contributed by atoms with E-state index < -0.39 is 0 Å². The predicted octanol–water partition coefficient (Wildman–Crippen LogP) is 3.12. The Morgan fingerprint density at radius 1 is 1.11 bits per heavy atom. The molecule has 104 valence electrons. The van der Waals surface area contributed by atoms with Crippen LogP contribution in [0.2, 0.25) is 0 Å². The molecule has 0 spiro atoms. The Balaban J connectivity index is 1.56. The van der Waals surface area contributed by atoms with Crippen molar-refractivity contribution >= 4 is 6.09 Å². The summed E-state index contributed by atoms with van der Waals surface area (Å²) in [5, 5.41) is 2.90. The summed E-state index contributed by atoms with van der Waals surface area (Å²) in [6.07, 6.45) is 5.47. The lowest BCUT2D eigenvalue weighted by atomic mass is 9.96. The summed E-state index contributed by atoms with van der Waals surface area (Å²) in [6, 6.07) is 9.79. The molecule has 1 fully saturated rings. The van der Waals surface area contributed by atoms with Gasteiger partial charge in [0, 0.05) is 6.04 Å². The van der Waals surface area contributed by atoms with Gasteiger partial charge in [0.15, 0.2) is 0 Å².